The third-order valence-corrected chi connectivity index (χ3v) is 5.86. The molecule has 0 aromatic heterocycles. The number of aliphatic hydroxyl groups is 1. The number of unbranched alkanes of at least 4 members (excludes halogenated alkanes) is 8. The van der Waals surface area contributed by atoms with E-state index < -0.39 is 15.4 Å². The average molecular weight is 373 g/mol. The van der Waals surface area contributed by atoms with Gasteiger partial charge in [-0.3, -0.25) is 0 Å². The predicted molar refractivity (Wildman–Crippen MR) is 95.5 cm³/mol. The fraction of sp³-hybridized carbons (Fsp3) is 1.00. The first-order chi connectivity index (χ1) is 10.9. The van der Waals surface area contributed by atoms with E-state index in [0.29, 0.717) is 12.8 Å². The van der Waals surface area contributed by atoms with Crippen molar-refractivity contribution in [2.75, 3.05) is 0 Å². The zero-order chi connectivity index (χ0) is 17.6. The molecule has 140 valence electrons. The van der Waals surface area contributed by atoms with E-state index in [9.17, 15) is 18.1 Å². The van der Waals surface area contributed by atoms with Crippen LogP contribution < -0.4 is 29.6 Å². The Balaban J connectivity index is 0. The molecule has 6 heteroatoms. The Kier molecular flexibility index (Phi) is 19.5. The standard InChI is InChI=1S/C18H38O4S.Na/c1-3-5-6-7-8-12-15-18(23(20,21)22)16-13-10-9-11-14-17(19)4-2;/h17-19H,3-16H2,1-2H3,(H,20,21,22);/q;+1/p-1. The molecule has 0 aromatic carbocycles. The van der Waals surface area contributed by atoms with Crippen molar-refractivity contribution in [3.05, 3.63) is 0 Å². The monoisotopic (exact) mass is 372 g/mol. The molecule has 2 unspecified atom stereocenters. The molecular weight excluding hydrogens is 335 g/mol. The molecule has 0 aliphatic heterocycles. The molecule has 0 saturated carbocycles. The predicted octanol–water partition coefficient (Wildman–Crippen LogP) is 1.77. The second-order valence-electron chi connectivity index (χ2n) is 6.72. The van der Waals surface area contributed by atoms with Gasteiger partial charge in [0.05, 0.1) is 16.2 Å². The number of rotatable bonds is 16. The number of hydrogen-bond acceptors (Lipinski definition) is 4. The van der Waals surface area contributed by atoms with Gasteiger partial charge in [-0.25, -0.2) is 8.42 Å². The van der Waals surface area contributed by atoms with Crippen LogP contribution >= 0.6 is 0 Å². The van der Waals surface area contributed by atoms with Crippen molar-refractivity contribution in [2.24, 2.45) is 0 Å². The molecular formula is C18H37NaO4S. The second kappa shape index (κ2) is 17.3. The van der Waals surface area contributed by atoms with Gasteiger partial charge in [0.15, 0.2) is 0 Å². The maximum absolute atomic E-state index is 11.4. The molecule has 1 N–H and O–H groups in total. The van der Waals surface area contributed by atoms with Crippen molar-refractivity contribution in [1.29, 1.82) is 0 Å². The molecule has 0 spiro atoms. The van der Waals surface area contributed by atoms with Gasteiger partial charge in [-0.2, -0.15) is 0 Å². The van der Waals surface area contributed by atoms with E-state index in [1.165, 1.54) is 19.3 Å². The van der Waals surface area contributed by atoms with Crippen LogP contribution in [0.2, 0.25) is 0 Å². The molecule has 2 atom stereocenters. The van der Waals surface area contributed by atoms with Gasteiger partial charge in [0.25, 0.3) is 0 Å². The number of hydrogen-bond donors (Lipinski definition) is 1. The summed E-state index contributed by atoms with van der Waals surface area (Å²) >= 11 is 0. The summed E-state index contributed by atoms with van der Waals surface area (Å²) in [6.07, 6.45) is 12.8. The smallest absolute Gasteiger partial charge is 0.748 e. The maximum atomic E-state index is 11.4. The van der Waals surface area contributed by atoms with Crippen LogP contribution in [0.25, 0.3) is 0 Å². The Morgan fingerprint density at radius 2 is 1.21 bits per heavy atom. The molecule has 0 aromatic rings. The van der Waals surface area contributed by atoms with Crippen molar-refractivity contribution < 1.29 is 47.6 Å². The van der Waals surface area contributed by atoms with Crippen LogP contribution in [0.15, 0.2) is 0 Å². The van der Waals surface area contributed by atoms with Gasteiger partial charge in [0.2, 0.25) is 0 Å². The molecule has 0 amide bonds. The largest absolute Gasteiger partial charge is 1.00 e. The van der Waals surface area contributed by atoms with Crippen LogP contribution in [-0.2, 0) is 10.1 Å². The molecule has 24 heavy (non-hydrogen) atoms. The molecule has 4 nitrogen and oxygen atoms in total. The zero-order valence-electron chi connectivity index (χ0n) is 16.1. The normalized spacial score (nSPS) is 14.2. The SMILES string of the molecule is CCCCCCCCC(CCCCCCC(O)CC)S(=O)(=O)[O-].[Na+]. The van der Waals surface area contributed by atoms with Crippen LogP contribution in [0.1, 0.15) is 104 Å². The summed E-state index contributed by atoms with van der Waals surface area (Å²) in [7, 11) is -4.16. The van der Waals surface area contributed by atoms with E-state index in [2.05, 4.69) is 6.92 Å². The Morgan fingerprint density at radius 1 is 0.792 bits per heavy atom. The van der Waals surface area contributed by atoms with Crippen LogP contribution in [0.3, 0.4) is 0 Å². The quantitative estimate of drug-likeness (QED) is 0.254. The van der Waals surface area contributed by atoms with E-state index in [1.807, 2.05) is 6.92 Å². The Bertz CT molecular complexity index is 360. The third-order valence-electron chi connectivity index (χ3n) is 4.57. The number of aliphatic hydroxyl groups excluding tert-OH is 1. The first-order valence-corrected chi connectivity index (χ1v) is 11.0. The van der Waals surface area contributed by atoms with Gasteiger partial charge in [-0.05, 0) is 25.7 Å². The van der Waals surface area contributed by atoms with Gasteiger partial charge >= 0.3 is 29.6 Å². The van der Waals surface area contributed by atoms with E-state index in [-0.39, 0.29) is 35.7 Å². The second-order valence-corrected chi connectivity index (χ2v) is 8.38. The zero-order valence-corrected chi connectivity index (χ0v) is 19.0. The van der Waals surface area contributed by atoms with Gasteiger partial charge < -0.3 is 9.66 Å². The minimum atomic E-state index is -4.16. The topological polar surface area (TPSA) is 77.4 Å². The Labute approximate surface area is 172 Å². The molecule has 0 bridgehead atoms. The van der Waals surface area contributed by atoms with E-state index >= 15 is 0 Å². The summed E-state index contributed by atoms with van der Waals surface area (Å²) < 4.78 is 34.1. The summed E-state index contributed by atoms with van der Waals surface area (Å²) in [5.41, 5.74) is 0. The summed E-state index contributed by atoms with van der Waals surface area (Å²) in [5.74, 6) is 0. The average Bonchev–Trinajstić information content (AvgIpc) is 2.50. The summed E-state index contributed by atoms with van der Waals surface area (Å²) in [6, 6.07) is 0. The minimum Gasteiger partial charge on any atom is -0.748 e. The van der Waals surface area contributed by atoms with E-state index in [0.717, 1.165) is 57.8 Å². The fourth-order valence-electron chi connectivity index (χ4n) is 2.89. The van der Waals surface area contributed by atoms with Gasteiger partial charge in [0.1, 0.15) is 0 Å². The molecule has 0 radical (unpaired) electrons. The molecule has 0 heterocycles. The van der Waals surface area contributed by atoms with Crippen molar-refractivity contribution in [3.8, 4) is 0 Å². The maximum Gasteiger partial charge on any atom is 1.00 e. The third kappa shape index (κ3) is 16.3. The minimum absolute atomic E-state index is 0. The Hall–Kier alpha value is 0.870. The fourth-order valence-corrected chi connectivity index (χ4v) is 3.81. The van der Waals surface area contributed by atoms with E-state index in [1.54, 1.807) is 0 Å². The molecule has 0 rings (SSSR count). The Morgan fingerprint density at radius 3 is 1.62 bits per heavy atom. The van der Waals surface area contributed by atoms with Gasteiger partial charge in [-0.15, -0.1) is 0 Å². The van der Waals surface area contributed by atoms with Crippen LogP contribution in [0.4, 0.5) is 0 Å². The van der Waals surface area contributed by atoms with Crippen molar-refractivity contribution in [1.82, 2.24) is 0 Å². The van der Waals surface area contributed by atoms with Crippen LogP contribution in [0.5, 0.6) is 0 Å². The first kappa shape index (κ1) is 27.1. The van der Waals surface area contributed by atoms with Crippen molar-refractivity contribution in [3.63, 3.8) is 0 Å². The summed E-state index contributed by atoms with van der Waals surface area (Å²) in [5, 5.41) is 8.76. The molecule has 0 saturated heterocycles. The molecule has 0 fully saturated rings. The molecule has 0 aliphatic rings. The van der Waals surface area contributed by atoms with Gasteiger partial charge in [-0.1, -0.05) is 78.1 Å². The van der Waals surface area contributed by atoms with Crippen LogP contribution in [0, 0.1) is 0 Å². The molecule has 0 aliphatic carbocycles. The van der Waals surface area contributed by atoms with Gasteiger partial charge in [0, 0.05) is 5.25 Å². The van der Waals surface area contributed by atoms with Crippen molar-refractivity contribution in [2.45, 2.75) is 115 Å². The van der Waals surface area contributed by atoms with E-state index in [4.69, 9.17) is 0 Å². The summed E-state index contributed by atoms with van der Waals surface area (Å²) in [4.78, 5) is 0. The first-order valence-electron chi connectivity index (χ1n) is 9.54. The van der Waals surface area contributed by atoms with Crippen LogP contribution in [-0.4, -0.2) is 29.4 Å². The summed E-state index contributed by atoms with van der Waals surface area (Å²) in [6.45, 7) is 4.14. The van der Waals surface area contributed by atoms with Crippen molar-refractivity contribution >= 4 is 10.1 Å².